The molecule has 1 aromatic heterocycles. The summed E-state index contributed by atoms with van der Waals surface area (Å²) in [5, 5.41) is 11.1. The molecule has 0 spiro atoms. The first kappa shape index (κ1) is 16.6. The first-order chi connectivity index (χ1) is 10.3. The van der Waals surface area contributed by atoms with E-state index in [9.17, 15) is 0 Å². The van der Waals surface area contributed by atoms with Gasteiger partial charge < -0.3 is 15.4 Å². The van der Waals surface area contributed by atoms with E-state index in [1.54, 1.807) is 11.3 Å². The number of hydrogen-bond acceptors (Lipinski definition) is 4. The molecule has 0 radical (unpaired) electrons. The van der Waals surface area contributed by atoms with Gasteiger partial charge in [0.2, 0.25) is 0 Å². The Balaban J connectivity index is 1.83. The average molecular weight is 328 g/mol. The number of ether oxygens (including phenoxy) is 1. The van der Waals surface area contributed by atoms with Gasteiger partial charge in [-0.1, -0.05) is 6.92 Å². The van der Waals surface area contributed by atoms with E-state index in [-0.39, 0.29) is 4.75 Å². The van der Waals surface area contributed by atoms with Gasteiger partial charge in [0, 0.05) is 38.1 Å². The molecule has 4 nitrogen and oxygen atoms in total. The highest BCUT2D eigenvalue weighted by molar-refractivity contribution is 8.00. The summed E-state index contributed by atoms with van der Waals surface area (Å²) in [7, 11) is 1.83. The van der Waals surface area contributed by atoms with Crippen LogP contribution >= 0.6 is 23.1 Å². The molecule has 0 saturated carbocycles. The Bertz CT molecular complexity index is 423. The van der Waals surface area contributed by atoms with E-state index < -0.39 is 0 Å². The predicted octanol–water partition coefficient (Wildman–Crippen LogP) is 2.72. The SMILES string of the molecule is CCSC1(CNC(=NC)NCc2ccsc2)CCOCC1. The Kier molecular flexibility index (Phi) is 6.86. The van der Waals surface area contributed by atoms with Crippen LogP contribution in [0.2, 0.25) is 0 Å². The number of thiophene rings is 1. The number of hydrogen-bond donors (Lipinski definition) is 2. The summed E-state index contributed by atoms with van der Waals surface area (Å²) in [5.41, 5.74) is 1.30. The van der Waals surface area contributed by atoms with E-state index in [2.05, 4.69) is 39.4 Å². The van der Waals surface area contributed by atoms with Crippen molar-refractivity contribution in [2.24, 2.45) is 4.99 Å². The minimum absolute atomic E-state index is 0.285. The standard InChI is InChI=1S/C15H25N3OS2/c1-3-21-15(5-7-19-8-6-15)12-18-14(16-2)17-10-13-4-9-20-11-13/h4,9,11H,3,5-8,10,12H2,1-2H3,(H2,16,17,18). The molecule has 2 heterocycles. The Labute approximate surface area is 135 Å². The van der Waals surface area contributed by atoms with Gasteiger partial charge in [0.15, 0.2) is 5.96 Å². The molecule has 0 unspecified atom stereocenters. The van der Waals surface area contributed by atoms with Crippen molar-refractivity contribution in [3.8, 4) is 0 Å². The van der Waals surface area contributed by atoms with Gasteiger partial charge >= 0.3 is 0 Å². The van der Waals surface area contributed by atoms with E-state index in [1.807, 2.05) is 18.8 Å². The van der Waals surface area contributed by atoms with Gasteiger partial charge in [-0.15, -0.1) is 0 Å². The smallest absolute Gasteiger partial charge is 0.191 e. The number of nitrogens with zero attached hydrogens (tertiary/aromatic N) is 1. The lowest BCUT2D eigenvalue weighted by atomic mass is 9.99. The van der Waals surface area contributed by atoms with Crippen molar-refractivity contribution in [1.29, 1.82) is 0 Å². The second-order valence-corrected chi connectivity index (χ2v) is 7.65. The van der Waals surface area contributed by atoms with Crippen LogP contribution in [0.4, 0.5) is 0 Å². The van der Waals surface area contributed by atoms with Crippen LogP contribution < -0.4 is 10.6 Å². The quantitative estimate of drug-likeness (QED) is 0.623. The molecular formula is C15H25N3OS2. The first-order valence-electron chi connectivity index (χ1n) is 7.45. The zero-order chi connectivity index (χ0) is 15.0. The maximum Gasteiger partial charge on any atom is 0.191 e. The van der Waals surface area contributed by atoms with Gasteiger partial charge in [-0.25, -0.2) is 0 Å². The van der Waals surface area contributed by atoms with Gasteiger partial charge in [0.25, 0.3) is 0 Å². The molecule has 1 saturated heterocycles. The molecule has 0 aliphatic carbocycles. The Morgan fingerprint density at radius 2 is 2.24 bits per heavy atom. The Morgan fingerprint density at radius 1 is 1.43 bits per heavy atom. The molecule has 0 bridgehead atoms. The molecule has 0 amide bonds. The van der Waals surface area contributed by atoms with Crippen molar-refractivity contribution >= 4 is 29.1 Å². The van der Waals surface area contributed by atoms with Crippen molar-refractivity contribution in [1.82, 2.24) is 10.6 Å². The molecule has 0 aromatic carbocycles. The van der Waals surface area contributed by atoms with E-state index in [4.69, 9.17) is 4.74 Å². The fourth-order valence-corrected chi connectivity index (χ4v) is 4.38. The molecule has 1 aliphatic heterocycles. The number of rotatable bonds is 6. The van der Waals surface area contributed by atoms with Gasteiger partial charge in [0.05, 0.1) is 0 Å². The summed E-state index contributed by atoms with van der Waals surface area (Å²) in [6.07, 6.45) is 2.22. The first-order valence-corrected chi connectivity index (χ1v) is 9.38. The topological polar surface area (TPSA) is 45.7 Å². The molecule has 0 atom stereocenters. The second kappa shape index (κ2) is 8.66. The van der Waals surface area contributed by atoms with Crippen LogP contribution in [-0.2, 0) is 11.3 Å². The van der Waals surface area contributed by atoms with E-state index in [1.165, 1.54) is 5.56 Å². The monoisotopic (exact) mass is 327 g/mol. The molecular weight excluding hydrogens is 302 g/mol. The summed E-state index contributed by atoms with van der Waals surface area (Å²) >= 11 is 3.77. The molecule has 1 aliphatic rings. The number of aliphatic imine (C=N–C) groups is 1. The summed E-state index contributed by atoms with van der Waals surface area (Å²) in [6.45, 7) is 5.73. The highest BCUT2D eigenvalue weighted by Gasteiger charge is 2.32. The molecule has 6 heteroatoms. The van der Waals surface area contributed by atoms with Crippen LogP contribution in [0.5, 0.6) is 0 Å². The van der Waals surface area contributed by atoms with Crippen molar-refractivity contribution < 1.29 is 4.74 Å². The van der Waals surface area contributed by atoms with Gasteiger partial charge in [-0.3, -0.25) is 4.99 Å². The fraction of sp³-hybridized carbons (Fsp3) is 0.667. The van der Waals surface area contributed by atoms with Crippen LogP contribution in [0.3, 0.4) is 0 Å². The second-order valence-electron chi connectivity index (χ2n) is 5.14. The van der Waals surface area contributed by atoms with Crippen LogP contribution in [0.25, 0.3) is 0 Å². The molecule has 1 aromatic rings. The molecule has 2 rings (SSSR count). The third kappa shape index (κ3) is 5.20. The van der Waals surface area contributed by atoms with Crippen molar-refractivity contribution in [3.63, 3.8) is 0 Å². The summed E-state index contributed by atoms with van der Waals surface area (Å²) in [6, 6.07) is 2.14. The van der Waals surface area contributed by atoms with Crippen molar-refractivity contribution in [2.75, 3.05) is 32.6 Å². The summed E-state index contributed by atoms with van der Waals surface area (Å²) in [5.74, 6) is 2.02. The predicted molar refractivity (Wildman–Crippen MR) is 93.4 cm³/mol. The molecule has 118 valence electrons. The Hall–Kier alpha value is -0.720. The third-order valence-corrected chi connectivity index (χ3v) is 5.88. The minimum atomic E-state index is 0.285. The Morgan fingerprint density at radius 3 is 2.86 bits per heavy atom. The summed E-state index contributed by atoms with van der Waals surface area (Å²) < 4.78 is 5.80. The number of thioether (sulfide) groups is 1. The third-order valence-electron chi connectivity index (χ3n) is 3.70. The van der Waals surface area contributed by atoms with Gasteiger partial charge in [-0.2, -0.15) is 23.1 Å². The summed E-state index contributed by atoms with van der Waals surface area (Å²) in [4.78, 5) is 4.32. The zero-order valence-corrected chi connectivity index (χ0v) is 14.5. The number of nitrogens with one attached hydrogen (secondary N) is 2. The van der Waals surface area contributed by atoms with E-state index in [0.717, 1.165) is 50.9 Å². The lowest BCUT2D eigenvalue weighted by Gasteiger charge is -2.37. The van der Waals surface area contributed by atoms with Crippen LogP contribution in [0.15, 0.2) is 21.8 Å². The maximum atomic E-state index is 5.51. The number of guanidine groups is 1. The van der Waals surface area contributed by atoms with E-state index >= 15 is 0 Å². The van der Waals surface area contributed by atoms with Crippen LogP contribution in [-0.4, -0.2) is 43.3 Å². The molecule has 2 N–H and O–H groups in total. The van der Waals surface area contributed by atoms with E-state index in [0.29, 0.717) is 0 Å². The molecule has 1 fully saturated rings. The maximum absolute atomic E-state index is 5.51. The fourth-order valence-electron chi connectivity index (χ4n) is 2.47. The molecule has 21 heavy (non-hydrogen) atoms. The van der Waals surface area contributed by atoms with Crippen molar-refractivity contribution in [3.05, 3.63) is 22.4 Å². The van der Waals surface area contributed by atoms with Gasteiger partial charge in [0.1, 0.15) is 0 Å². The van der Waals surface area contributed by atoms with Crippen LogP contribution in [0.1, 0.15) is 25.3 Å². The normalized spacial score (nSPS) is 18.5. The largest absolute Gasteiger partial charge is 0.381 e. The average Bonchev–Trinajstić information content (AvgIpc) is 3.02. The van der Waals surface area contributed by atoms with Gasteiger partial charge in [-0.05, 0) is 41.0 Å². The van der Waals surface area contributed by atoms with Crippen LogP contribution in [0, 0.1) is 0 Å². The lowest BCUT2D eigenvalue weighted by Crippen LogP contribution is -2.47. The highest BCUT2D eigenvalue weighted by atomic mass is 32.2. The zero-order valence-electron chi connectivity index (χ0n) is 12.9. The lowest BCUT2D eigenvalue weighted by molar-refractivity contribution is 0.0782. The minimum Gasteiger partial charge on any atom is -0.381 e. The van der Waals surface area contributed by atoms with Crippen molar-refractivity contribution in [2.45, 2.75) is 31.1 Å². The highest BCUT2D eigenvalue weighted by Crippen LogP contribution is 2.34.